The summed E-state index contributed by atoms with van der Waals surface area (Å²) in [6.45, 7) is 12.7. The zero-order valence-corrected chi connectivity index (χ0v) is 19.2. The zero-order valence-electron chi connectivity index (χ0n) is 19.2. The van der Waals surface area contributed by atoms with Crippen LogP contribution in [-0.4, -0.2) is 40.5 Å². The first kappa shape index (κ1) is 23.5. The van der Waals surface area contributed by atoms with Gasteiger partial charge in [0.05, 0.1) is 19.3 Å². The lowest BCUT2D eigenvalue weighted by atomic mass is 10.1. The monoisotopic (exact) mass is 416 g/mol. The number of benzene rings is 1. The van der Waals surface area contributed by atoms with Gasteiger partial charge in [-0.05, 0) is 51.8 Å². The third kappa shape index (κ3) is 6.64. The first-order valence-electron chi connectivity index (χ1n) is 10.8. The summed E-state index contributed by atoms with van der Waals surface area (Å²) < 4.78 is 13.4. The van der Waals surface area contributed by atoms with Gasteiger partial charge in [0.15, 0.2) is 23.3 Å². The van der Waals surface area contributed by atoms with Crippen LogP contribution < -0.4 is 20.1 Å². The van der Waals surface area contributed by atoms with Crippen molar-refractivity contribution in [1.82, 2.24) is 25.4 Å². The quantitative estimate of drug-likeness (QED) is 0.331. The first-order chi connectivity index (χ1) is 14.5. The van der Waals surface area contributed by atoms with E-state index in [2.05, 4.69) is 40.7 Å². The van der Waals surface area contributed by atoms with E-state index >= 15 is 0 Å². The number of hydrogen-bond donors (Lipinski definition) is 2. The molecule has 1 heterocycles. The molecule has 2 N–H and O–H groups in total. The molecule has 1 atom stereocenters. The third-order valence-electron chi connectivity index (χ3n) is 4.80. The van der Waals surface area contributed by atoms with Gasteiger partial charge in [-0.2, -0.15) is 0 Å². The fourth-order valence-corrected chi connectivity index (χ4v) is 2.90. The summed E-state index contributed by atoms with van der Waals surface area (Å²) in [6.07, 6.45) is 2.20. The van der Waals surface area contributed by atoms with Gasteiger partial charge in [-0.25, -0.2) is 4.99 Å². The maximum Gasteiger partial charge on any atom is 0.192 e. The molecule has 1 unspecified atom stereocenters. The van der Waals surface area contributed by atoms with Crippen LogP contribution in [0.5, 0.6) is 11.5 Å². The highest BCUT2D eigenvalue weighted by Gasteiger charge is 2.13. The second-order valence-corrected chi connectivity index (χ2v) is 7.11. The molecule has 0 aliphatic rings. The van der Waals surface area contributed by atoms with Gasteiger partial charge < -0.3 is 24.7 Å². The van der Waals surface area contributed by atoms with Gasteiger partial charge in [-0.15, -0.1) is 10.2 Å². The molecular formula is C22H36N6O2. The van der Waals surface area contributed by atoms with E-state index in [4.69, 9.17) is 14.5 Å². The summed E-state index contributed by atoms with van der Waals surface area (Å²) >= 11 is 0. The second-order valence-electron chi connectivity index (χ2n) is 7.11. The number of ether oxygens (including phenoxy) is 2. The minimum absolute atomic E-state index is 0.0361. The summed E-state index contributed by atoms with van der Waals surface area (Å²) in [5.74, 6) is 3.99. The van der Waals surface area contributed by atoms with Crippen LogP contribution in [0.15, 0.2) is 23.2 Å². The van der Waals surface area contributed by atoms with E-state index in [0.717, 1.165) is 54.1 Å². The van der Waals surface area contributed by atoms with E-state index < -0.39 is 0 Å². The van der Waals surface area contributed by atoms with E-state index in [-0.39, 0.29) is 6.04 Å². The molecule has 0 radical (unpaired) electrons. The van der Waals surface area contributed by atoms with Crippen LogP contribution in [-0.2, 0) is 13.6 Å². The maximum atomic E-state index is 5.77. The largest absolute Gasteiger partial charge is 0.490 e. The Labute approximate surface area is 180 Å². The number of aromatic nitrogens is 3. The maximum absolute atomic E-state index is 5.77. The Bertz CT molecular complexity index is 818. The van der Waals surface area contributed by atoms with Gasteiger partial charge in [0.1, 0.15) is 12.4 Å². The lowest BCUT2D eigenvalue weighted by Gasteiger charge is -2.20. The van der Waals surface area contributed by atoms with Crippen molar-refractivity contribution < 1.29 is 9.47 Å². The molecule has 0 fully saturated rings. The SMILES string of the molecule is CCCCNC(=NCc1nnc(C)n1C)NC(C)c1ccc(OCC)c(OCC)c1. The number of guanidine groups is 1. The molecule has 0 saturated heterocycles. The van der Waals surface area contributed by atoms with E-state index in [9.17, 15) is 0 Å². The Morgan fingerprint density at radius 1 is 1.13 bits per heavy atom. The normalized spacial score (nSPS) is 12.5. The Morgan fingerprint density at radius 3 is 2.50 bits per heavy atom. The predicted octanol–water partition coefficient (Wildman–Crippen LogP) is 3.52. The molecule has 0 bridgehead atoms. The number of aryl methyl sites for hydroxylation is 1. The Balaban J connectivity index is 2.16. The predicted molar refractivity (Wildman–Crippen MR) is 120 cm³/mol. The fourth-order valence-electron chi connectivity index (χ4n) is 2.90. The van der Waals surface area contributed by atoms with Crippen LogP contribution in [0.1, 0.15) is 63.8 Å². The van der Waals surface area contributed by atoms with Crippen LogP contribution in [0.3, 0.4) is 0 Å². The highest BCUT2D eigenvalue weighted by Crippen LogP contribution is 2.30. The third-order valence-corrected chi connectivity index (χ3v) is 4.80. The number of nitrogens with zero attached hydrogens (tertiary/aromatic N) is 4. The van der Waals surface area contributed by atoms with Crippen molar-refractivity contribution in [1.29, 1.82) is 0 Å². The summed E-state index contributed by atoms with van der Waals surface area (Å²) in [7, 11) is 1.95. The molecule has 8 nitrogen and oxygen atoms in total. The fraction of sp³-hybridized carbons (Fsp3) is 0.591. The molecular weight excluding hydrogens is 380 g/mol. The average Bonchev–Trinajstić information content (AvgIpc) is 3.05. The Hall–Kier alpha value is -2.77. The van der Waals surface area contributed by atoms with Crippen molar-refractivity contribution in [3.63, 3.8) is 0 Å². The number of hydrogen-bond acceptors (Lipinski definition) is 5. The molecule has 166 valence electrons. The number of unbranched alkanes of at least 4 members (excludes halogenated alkanes) is 1. The zero-order chi connectivity index (χ0) is 21.9. The first-order valence-corrected chi connectivity index (χ1v) is 10.8. The number of aliphatic imine (C=N–C) groups is 1. The van der Waals surface area contributed by atoms with Crippen LogP contribution in [0, 0.1) is 6.92 Å². The molecule has 0 aliphatic carbocycles. The summed E-state index contributed by atoms with van der Waals surface area (Å²) in [5, 5.41) is 15.2. The van der Waals surface area contributed by atoms with Crippen LogP contribution in [0.2, 0.25) is 0 Å². The highest BCUT2D eigenvalue weighted by molar-refractivity contribution is 5.80. The van der Waals surface area contributed by atoms with Gasteiger partial charge >= 0.3 is 0 Å². The van der Waals surface area contributed by atoms with Gasteiger partial charge in [0.25, 0.3) is 0 Å². The van der Waals surface area contributed by atoms with Crippen molar-refractivity contribution in [2.75, 3.05) is 19.8 Å². The van der Waals surface area contributed by atoms with Gasteiger partial charge in [0, 0.05) is 13.6 Å². The van der Waals surface area contributed by atoms with Crippen molar-refractivity contribution in [3.05, 3.63) is 35.4 Å². The van der Waals surface area contributed by atoms with Crippen LogP contribution >= 0.6 is 0 Å². The van der Waals surface area contributed by atoms with E-state index in [1.165, 1.54) is 0 Å². The summed E-state index contributed by atoms with van der Waals surface area (Å²) in [5.41, 5.74) is 1.10. The van der Waals surface area contributed by atoms with E-state index in [0.29, 0.717) is 19.8 Å². The Morgan fingerprint density at radius 2 is 1.87 bits per heavy atom. The molecule has 0 spiro atoms. The molecule has 8 heteroatoms. The van der Waals surface area contributed by atoms with Crippen LogP contribution in [0.4, 0.5) is 0 Å². The molecule has 1 aromatic heterocycles. The lowest BCUT2D eigenvalue weighted by Crippen LogP contribution is -2.39. The second kappa shape index (κ2) is 12.0. The van der Waals surface area contributed by atoms with Gasteiger partial charge in [0.2, 0.25) is 0 Å². The molecule has 0 amide bonds. The summed E-state index contributed by atoms with van der Waals surface area (Å²) in [6, 6.07) is 6.09. The van der Waals surface area contributed by atoms with E-state index in [1.807, 2.05) is 44.5 Å². The minimum Gasteiger partial charge on any atom is -0.490 e. The Kier molecular flexibility index (Phi) is 9.44. The van der Waals surface area contributed by atoms with Crippen LogP contribution in [0.25, 0.3) is 0 Å². The summed E-state index contributed by atoms with van der Waals surface area (Å²) in [4.78, 5) is 4.73. The van der Waals surface area contributed by atoms with E-state index in [1.54, 1.807) is 0 Å². The van der Waals surface area contributed by atoms with Gasteiger partial charge in [-0.3, -0.25) is 0 Å². The minimum atomic E-state index is 0.0361. The molecule has 1 aromatic carbocycles. The lowest BCUT2D eigenvalue weighted by molar-refractivity contribution is 0.287. The molecule has 2 aromatic rings. The standard InChI is InChI=1S/C22H36N6O2/c1-7-10-13-23-22(24-15-21-27-26-17(5)28(21)6)25-16(4)18-11-12-19(29-8-2)20(14-18)30-9-3/h11-12,14,16H,7-10,13,15H2,1-6H3,(H2,23,24,25). The molecule has 30 heavy (non-hydrogen) atoms. The van der Waals surface area contributed by atoms with Crippen molar-refractivity contribution in [2.24, 2.45) is 12.0 Å². The van der Waals surface area contributed by atoms with Crippen molar-refractivity contribution in [2.45, 2.75) is 60.0 Å². The van der Waals surface area contributed by atoms with Crippen molar-refractivity contribution in [3.8, 4) is 11.5 Å². The smallest absolute Gasteiger partial charge is 0.192 e. The molecule has 0 saturated carbocycles. The average molecular weight is 417 g/mol. The highest BCUT2D eigenvalue weighted by atomic mass is 16.5. The topological polar surface area (TPSA) is 85.6 Å². The number of nitrogens with one attached hydrogen (secondary N) is 2. The molecule has 2 rings (SSSR count). The van der Waals surface area contributed by atoms with Crippen molar-refractivity contribution >= 4 is 5.96 Å². The molecule has 0 aliphatic heterocycles. The van der Waals surface area contributed by atoms with Gasteiger partial charge in [-0.1, -0.05) is 19.4 Å². The number of rotatable bonds is 11.